The maximum absolute atomic E-state index is 12.7. The third-order valence-electron chi connectivity index (χ3n) is 4.13. The van der Waals surface area contributed by atoms with E-state index in [9.17, 15) is 9.59 Å². The quantitative estimate of drug-likeness (QED) is 0.641. The van der Waals surface area contributed by atoms with Crippen LogP contribution in [0.25, 0.3) is 0 Å². The van der Waals surface area contributed by atoms with Crippen LogP contribution in [0.3, 0.4) is 0 Å². The lowest BCUT2D eigenvalue weighted by molar-refractivity contribution is -0.122. The minimum absolute atomic E-state index is 0.0374. The largest absolute Gasteiger partial charge is 0.395 e. The van der Waals surface area contributed by atoms with E-state index in [0.29, 0.717) is 34.4 Å². The van der Waals surface area contributed by atoms with E-state index in [0.717, 1.165) is 0 Å². The average molecular weight is 412 g/mol. The fraction of sp³-hybridized carbons (Fsp3) is 0.353. The van der Waals surface area contributed by atoms with E-state index in [1.165, 1.54) is 4.68 Å². The number of amides is 2. The number of nitrogens with one attached hydrogen (secondary N) is 2. The number of aliphatic hydroxyl groups is 1. The standard InChI is InChI=1S/C17H19Cl2N5O3/c18-13-2-1-12(7-14(13)19)24-5-3-15(17(24)27)22-11-8-21-23(9-11)10-16(26)20-4-6-25/h1-2,7-9,15,22,25H,3-6,10H2,(H,20,26). The molecular formula is C17H19Cl2N5O3. The van der Waals surface area contributed by atoms with E-state index in [-0.39, 0.29) is 37.6 Å². The highest BCUT2D eigenvalue weighted by atomic mass is 35.5. The summed E-state index contributed by atoms with van der Waals surface area (Å²) >= 11 is 12.0. The maximum Gasteiger partial charge on any atom is 0.249 e. The number of hydrogen-bond acceptors (Lipinski definition) is 5. The Bertz CT molecular complexity index is 842. The number of halogens is 2. The normalized spacial score (nSPS) is 16.6. The second-order valence-electron chi connectivity index (χ2n) is 6.07. The van der Waals surface area contributed by atoms with Crippen molar-refractivity contribution in [3.63, 3.8) is 0 Å². The van der Waals surface area contributed by atoms with Gasteiger partial charge in [-0.3, -0.25) is 14.3 Å². The third kappa shape index (κ3) is 4.71. The molecule has 0 aliphatic carbocycles. The second kappa shape index (κ2) is 8.60. The summed E-state index contributed by atoms with van der Waals surface area (Å²) in [6.07, 6.45) is 3.85. The molecule has 144 valence electrons. The van der Waals surface area contributed by atoms with Gasteiger partial charge in [0.05, 0.1) is 28.5 Å². The first kappa shape index (κ1) is 19.5. The molecule has 2 heterocycles. The molecule has 0 saturated carbocycles. The summed E-state index contributed by atoms with van der Waals surface area (Å²) in [6.45, 7) is 0.685. The van der Waals surface area contributed by atoms with Crippen molar-refractivity contribution in [1.82, 2.24) is 15.1 Å². The van der Waals surface area contributed by atoms with Crippen LogP contribution in [0.15, 0.2) is 30.6 Å². The fourth-order valence-electron chi connectivity index (χ4n) is 2.85. The SMILES string of the molecule is O=C(Cn1cc(NC2CCN(c3ccc(Cl)c(Cl)c3)C2=O)cn1)NCCO. The lowest BCUT2D eigenvalue weighted by Crippen LogP contribution is -2.33. The molecule has 3 rings (SSSR count). The predicted octanol–water partition coefficient (Wildman–Crippen LogP) is 1.52. The van der Waals surface area contributed by atoms with Crippen LogP contribution in [-0.4, -0.2) is 52.4 Å². The molecule has 1 aliphatic rings. The van der Waals surface area contributed by atoms with Gasteiger partial charge < -0.3 is 20.6 Å². The van der Waals surface area contributed by atoms with Crippen molar-refractivity contribution in [2.24, 2.45) is 0 Å². The van der Waals surface area contributed by atoms with Gasteiger partial charge in [0.15, 0.2) is 0 Å². The molecule has 2 aromatic rings. The van der Waals surface area contributed by atoms with Crippen molar-refractivity contribution in [2.75, 3.05) is 29.9 Å². The third-order valence-corrected chi connectivity index (χ3v) is 4.87. The summed E-state index contributed by atoms with van der Waals surface area (Å²) in [5.41, 5.74) is 1.36. The van der Waals surface area contributed by atoms with Gasteiger partial charge in [-0.2, -0.15) is 5.10 Å². The Morgan fingerprint density at radius 1 is 1.33 bits per heavy atom. The lowest BCUT2D eigenvalue weighted by Gasteiger charge is -2.17. The van der Waals surface area contributed by atoms with Gasteiger partial charge in [-0.1, -0.05) is 23.2 Å². The van der Waals surface area contributed by atoms with Crippen LogP contribution in [0, 0.1) is 0 Å². The molecule has 3 N–H and O–H groups in total. The summed E-state index contributed by atoms with van der Waals surface area (Å²) in [5.74, 6) is -0.316. The van der Waals surface area contributed by atoms with Crippen LogP contribution in [0.5, 0.6) is 0 Å². The topological polar surface area (TPSA) is 99.5 Å². The lowest BCUT2D eigenvalue weighted by atomic mass is 10.2. The molecule has 1 saturated heterocycles. The molecule has 1 aromatic carbocycles. The van der Waals surface area contributed by atoms with Crippen LogP contribution >= 0.6 is 23.2 Å². The van der Waals surface area contributed by atoms with E-state index in [2.05, 4.69) is 15.7 Å². The van der Waals surface area contributed by atoms with Gasteiger partial charge in [0, 0.05) is 25.0 Å². The number of carbonyl (C=O) groups is 2. The molecule has 27 heavy (non-hydrogen) atoms. The molecule has 1 aromatic heterocycles. The van der Waals surface area contributed by atoms with Gasteiger partial charge in [-0.05, 0) is 24.6 Å². The molecule has 8 nitrogen and oxygen atoms in total. The number of benzene rings is 1. The number of anilines is 2. The molecule has 0 spiro atoms. The molecule has 2 amide bonds. The molecule has 0 radical (unpaired) electrons. The van der Waals surface area contributed by atoms with Gasteiger partial charge >= 0.3 is 0 Å². The van der Waals surface area contributed by atoms with Crippen LogP contribution < -0.4 is 15.5 Å². The van der Waals surface area contributed by atoms with E-state index in [4.69, 9.17) is 28.3 Å². The summed E-state index contributed by atoms with van der Waals surface area (Å²) < 4.78 is 1.46. The number of aliphatic hydroxyl groups excluding tert-OH is 1. The van der Waals surface area contributed by atoms with Crippen molar-refractivity contribution < 1.29 is 14.7 Å². The molecular weight excluding hydrogens is 393 g/mol. The molecule has 1 fully saturated rings. The minimum Gasteiger partial charge on any atom is -0.395 e. The van der Waals surface area contributed by atoms with E-state index in [1.54, 1.807) is 35.5 Å². The van der Waals surface area contributed by atoms with Crippen molar-refractivity contribution >= 4 is 46.4 Å². The minimum atomic E-state index is -0.389. The van der Waals surface area contributed by atoms with Crippen LogP contribution in [0.2, 0.25) is 10.0 Å². The van der Waals surface area contributed by atoms with Gasteiger partial charge in [-0.25, -0.2) is 0 Å². The number of rotatable bonds is 7. The Labute approximate surface area is 166 Å². The zero-order valence-corrected chi connectivity index (χ0v) is 15.9. The number of nitrogens with zero attached hydrogens (tertiary/aromatic N) is 3. The number of carbonyl (C=O) groups excluding carboxylic acids is 2. The van der Waals surface area contributed by atoms with Crippen molar-refractivity contribution in [3.8, 4) is 0 Å². The first-order valence-corrected chi connectivity index (χ1v) is 9.16. The maximum atomic E-state index is 12.7. The molecule has 1 atom stereocenters. The van der Waals surface area contributed by atoms with E-state index in [1.807, 2.05) is 0 Å². The molecule has 10 heteroatoms. The number of hydrogen-bond donors (Lipinski definition) is 3. The van der Waals surface area contributed by atoms with Gasteiger partial charge in [0.25, 0.3) is 0 Å². The van der Waals surface area contributed by atoms with Crippen LogP contribution in [0.1, 0.15) is 6.42 Å². The van der Waals surface area contributed by atoms with Gasteiger partial charge in [0.1, 0.15) is 12.6 Å². The Kier molecular flexibility index (Phi) is 6.20. The predicted molar refractivity (Wildman–Crippen MR) is 103 cm³/mol. The summed E-state index contributed by atoms with van der Waals surface area (Å²) in [4.78, 5) is 26.0. The first-order chi connectivity index (χ1) is 13.0. The van der Waals surface area contributed by atoms with Crippen molar-refractivity contribution in [3.05, 3.63) is 40.6 Å². The van der Waals surface area contributed by atoms with Crippen LogP contribution in [-0.2, 0) is 16.1 Å². The second-order valence-corrected chi connectivity index (χ2v) is 6.89. The van der Waals surface area contributed by atoms with Crippen LogP contribution in [0.4, 0.5) is 11.4 Å². The highest BCUT2D eigenvalue weighted by Gasteiger charge is 2.33. The zero-order valence-electron chi connectivity index (χ0n) is 14.4. The van der Waals surface area contributed by atoms with E-state index >= 15 is 0 Å². The van der Waals surface area contributed by atoms with E-state index < -0.39 is 0 Å². The number of aromatic nitrogens is 2. The smallest absolute Gasteiger partial charge is 0.249 e. The van der Waals surface area contributed by atoms with Gasteiger partial charge in [-0.15, -0.1) is 0 Å². The van der Waals surface area contributed by atoms with Gasteiger partial charge in [0.2, 0.25) is 11.8 Å². The summed E-state index contributed by atoms with van der Waals surface area (Å²) in [5, 5.41) is 19.4. The molecule has 0 bridgehead atoms. The monoisotopic (exact) mass is 411 g/mol. The summed E-state index contributed by atoms with van der Waals surface area (Å²) in [6, 6.07) is 4.71. The van der Waals surface area contributed by atoms with Crippen molar-refractivity contribution in [2.45, 2.75) is 19.0 Å². The Morgan fingerprint density at radius 3 is 2.89 bits per heavy atom. The zero-order chi connectivity index (χ0) is 19.4. The van der Waals surface area contributed by atoms with Crippen molar-refractivity contribution in [1.29, 1.82) is 0 Å². The fourth-order valence-corrected chi connectivity index (χ4v) is 3.14. The molecule has 1 aliphatic heterocycles. The summed E-state index contributed by atoms with van der Waals surface area (Å²) in [7, 11) is 0. The first-order valence-electron chi connectivity index (χ1n) is 8.41. The highest BCUT2D eigenvalue weighted by Crippen LogP contribution is 2.30. The Morgan fingerprint density at radius 2 is 2.15 bits per heavy atom. The Hall–Kier alpha value is -2.29. The molecule has 1 unspecified atom stereocenters. The average Bonchev–Trinajstić information content (AvgIpc) is 3.23. The highest BCUT2D eigenvalue weighted by molar-refractivity contribution is 6.42. The Balaban J connectivity index is 1.59.